The number of para-hydroxylation sites is 1. The van der Waals surface area contributed by atoms with Gasteiger partial charge >= 0.3 is 0 Å². The second-order valence-corrected chi connectivity index (χ2v) is 12.6. The van der Waals surface area contributed by atoms with Gasteiger partial charge in [0.2, 0.25) is 0 Å². The van der Waals surface area contributed by atoms with Crippen molar-refractivity contribution in [2.45, 2.75) is 38.8 Å². The summed E-state index contributed by atoms with van der Waals surface area (Å²) in [6.45, 7) is 9.78. The molecule has 2 heterocycles. The van der Waals surface area contributed by atoms with Crippen LogP contribution in [0.15, 0.2) is 48.5 Å². The molecule has 23 heavy (non-hydrogen) atoms. The Labute approximate surface area is 140 Å². The van der Waals surface area contributed by atoms with E-state index in [1.165, 1.54) is 22.2 Å². The topological polar surface area (TPSA) is 4.93 Å². The number of hydrogen-bond donors (Lipinski definition) is 0. The van der Waals surface area contributed by atoms with Gasteiger partial charge in [0.1, 0.15) is 8.07 Å². The van der Waals surface area contributed by atoms with E-state index in [0.717, 1.165) is 0 Å². The maximum absolute atomic E-state index is 2.44. The van der Waals surface area contributed by atoms with E-state index in [9.17, 15) is 0 Å². The van der Waals surface area contributed by atoms with Crippen LogP contribution in [0.25, 0.3) is 22.2 Å². The fourth-order valence-corrected chi connectivity index (χ4v) is 11.6. The summed E-state index contributed by atoms with van der Waals surface area (Å²) in [4.78, 5) is 0. The van der Waals surface area contributed by atoms with Crippen LogP contribution in [0.3, 0.4) is 0 Å². The van der Waals surface area contributed by atoms with Crippen LogP contribution in [0.5, 0.6) is 0 Å². The van der Waals surface area contributed by atoms with Crippen molar-refractivity contribution in [2.75, 3.05) is 0 Å². The first kappa shape index (κ1) is 14.8. The molecule has 1 nitrogen and oxygen atoms in total. The lowest BCUT2D eigenvalue weighted by atomic mass is 10.1. The summed E-state index contributed by atoms with van der Waals surface area (Å²) >= 11 is 0. The first-order valence-electron chi connectivity index (χ1n) is 8.69. The van der Waals surface area contributed by atoms with Gasteiger partial charge in [0.05, 0.1) is 0 Å². The quantitative estimate of drug-likeness (QED) is 0.611. The third kappa shape index (κ3) is 1.62. The minimum atomic E-state index is -1.79. The zero-order chi connectivity index (χ0) is 16.4. The van der Waals surface area contributed by atoms with Crippen LogP contribution in [-0.4, -0.2) is 12.6 Å². The van der Waals surface area contributed by atoms with Crippen LogP contribution in [0, 0.1) is 0 Å². The average molecular weight is 320 g/mol. The van der Waals surface area contributed by atoms with Crippen LogP contribution in [0.1, 0.15) is 27.7 Å². The number of benzene rings is 2. The molecule has 0 saturated heterocycles. The molecule has 0 aliphatic carbocycles. The van der Waals surface area contributed by atoms with Crippen molar-refractivity contribution in [1.29, 1.82) is 0 Å². The summed E-state index contributed by atoms with van der Waals surface area (Å²) in [5, 5.41) is 4.81. The Balaban J connectivity index is 2.26. The summed E-state index contributed by atoms with van der Waals surface area (Å²) < 4.78 is 2.43. The summed E-state index contributed by atoms with van der Waals surface area (Å²) in [5.74, 6) is 0. The molecule has 0 N–H and O–H groups in total. The van der Waals surface area contributed by atoms with Crippen LogP contribution in [0.4, 0.5) is 0 Å². The second-order valence-electron chi connectivity index (χ2n) is 7.52. The summed E-state index contributed by atoms with van der Waals surface area (Å²) in [6, 6.07) is 18.2. The van der Waals surface area contributed by atoms with E-state index >= 15 is 0 Å². The standard InChI is InChI=1S/C21H25NSi/c1-14(2)23(15(3)4)19-13-9-7-11-17(19)20-21(23)16-10-6-8-12-18(16)22(20)5/h6-15H,1-5H3. The Kier molecular flexibility index (Phi) is 3.11. The Morgan fingerprint density at radius 3 is 2.13 bits per heavy atom. The molecule has 0 unspecified atom stereocenters. The van der Waals surface area contributed by atoms with E-state index in [1.54, 1.807) is 10.4 Å². The third-order valence-electron chi connectivity index (χ3n) is 5.97. The highest BCUT2D eigenvalue weighted by atomic mass is 28.3. The molecule has 0 saturated carbocycles. The Bertz CT molecular complexity index is 893. The molecule has 0 spiro atoms. The van der Waals surface area contributed by atoms with Gasteiger partial charge in [0.15, 0.2) is 0 Å². The summed E-state index contributed by atoms with van der Waals surface area (Å²) in [6.07, 6.45) is 0. The van der Waals surface area contributed by atoms with Gasteiger partial charge in [-0.1, -0.05) is 70.2 Å². The van der Waals surface area contributed by atoms with E-state index in [4.69, 9.17) is 0 Å². The zero-order valence-corrected chi connectivity index (χ0v) is 15.7. The normalized spacial score (nSPS) is 15.4. The minimum absolute atomic E-state index is 0.690. The van der Waals surface area contributed by atoms with Crippen molar-refractivity contribution in [3.8, 4) is 11.3 Å². The van der Waals surface area contributed by atoms with Gasteiger partial charge in [-0.15, -0.1) is 0 Å². The number of aryl methyl sites for hydroxylation is 1. The lowest BCUT2D eigenvalue weighted by Crippen LogP contribution is -2.60. The summed E-state index contributed by atoms with van der Waals surface area (Å²) in [7, 11) is 0.446. The monoisotopic (exact) mass is 319 g/mol. The SMILES string of the molecule is CC(C)[Si]1(C(C)C)c2ccccc2-c2c1c1ccccc1n2C. The lowest BCUT2D eigenvalue weighted by molar-refractivity contribution is 0.930. The maximum atomic E-state index is 2.44. The molecule has 2 aromatic carbocycles. The smallest absolute Gasteiger partial charge is 0.127 e. The number of aromatic nitrogens is 1. The second kappa shape index (κ2) is 4.84. The van der Waals surface area contributed by atoms with Gasteiger partial charge in [-0.3, -0.25) is 0 Å². The van der Waals surface area contributed by atoms with E-state index in [2.05, 4.69) is 87.8 Å². The first-order valence-corrected chi connectivity index (χ1v) is 10.8. The molecule has 0 amide bonds. The molecule has 118 valence electrons. The third-order valence-corrected chi connectivity index (χ3v) is 12.3. The molecular weight excluding hydrogens is 294 g/mol. The maximum Gasteiger partial charge on any atom is 0.127 e. The highest BCUT2D eigenvalue weighted by molar-refractivity contribution is 7.08. The predicted octanol–water partition coefficient (Wildman–Crippen LogP) is 4.54. The molecule has 0 bridgehead atoms. The van der Waals surface area contributed by atoms with E-state index < -0.39 is 8.07 Å². The Hall–Kier alpha value is -1.80. The van der Waals surface area contributed by atoms with E-state index in [1.807, 2.05) is 0 Å². The Morgan fingerprint density at radius 1 is 0.826 bits per heavy atom. The molecule has 0 radical (unpaired) electrons. The zero-order valence-electron chi connectivity index (χ0n) is 14.7. The van der Waals surface area contributed by atoms with E-state index in [-0.39, 0.29) is 0 Å². The molecule has 2 heteroatoms. The highest BCUT2D eigenvalue weighted by Gasteiger charge is 2.52. The number of fused-ring (bicyclic) bond motifs is 5. The van der Waals surface area contributed by atoms with Crippen LogP contribution >= 0.6 is 0 Å². The van der Waals surface area contributed by atoms with Crippen LogP contribution in [-0.2, 0) is 7.05 Å². The Morgan fingerprint density at radius 2 is 1.43 bits per heavy atom. The molecule has 1 aromatic heterocycles. The minimum Gasteiger partial charge on any atom is -0.344 e. The number of nitrogens with zero attached hydrogens (tertiary/aromatic N) is 1. The van der Waals surface area contributed by atoms with Gasteiger partial charge in [0, 0.05) is 18.3 Å². The van der Waals surface area contributed by atoms with Crippen molar-refractivity contribution < 1.29 is 0 Å². The van der Waals surface area contributed by atoms with E-state index in [0.29, 0.717) is 11.1 Å². The van der Waals surface area contributed by atoms with Crippen molar-refractivity contribution in [2.24, 2.45) is 7.05 Å². The average Bonchev–Trinajstić information content (AvgIpc) is 3.00. The number of hydrogen-bond acceptors (Lipinski definition) is 0. The predicted molar refractivity (Wildman–Crippen MR) is 104 cm³/mol. The summed E-state index contributed by atoms with van der Waals surface area (Å²) in [5.41, 5.74) is 5.72. The highest BCUT2D eigenvalue weighted by Crippen LogP contribution is 2.43. The lowest BCUT2D eigenvalue weighted by Gasteiger charge is -2.37. The number of rotatable bonds is 2. The molecule has 4 rings (SSSR count). The van der Waals surface area contributed by atoms with Crippen LogP contribution < -0.4 is 10.4 Å². The van der Waals surface area contributed by atoms with Crippen LogP contribution in [0.2, 0.25) is 11.1 Å². The molecule has 3 aromatic rings. The fourth-order valence-electron chi connectivity index (χ4n) is 5.18. The van der Waals surface area contributed by atoms with Gasteiger partial charge in [0.25, 0.3) is 0 Å². The molecule has 0 atom stereocenters. The first-order chi connectivity index (χ1) is 11.0. The molecular formula is C21H25NSi. The van der Waals surface area contributed by atoms with Crippen molar-refractivity contribution in [3.05, 3.63) is 48.5 Å². The fraction of sp³-hybridized carbons (Fsp3) is 0.333. The van der Waals surface area contributed by atoms with Crippen molar-refractivity contribution in [1.82, 2.24) is 4.57 Å². The van der Waals surface area contributed by atoms with Gasteiger partial charge in [-0.05, 0) is 38.5 Å². The molecule has 1 aliphatic heterocycles. The largest absolute Gasteiger partial charge is 0.344 e. The van der Waals surface area contributed by atoms with Gasteiger partial charge < -0.3 is 4.57 Å². The van der Waals surface area contributed by atoms with Crippen molar-refractivity contribution >= 4 is 29.4 Å². The van der Waals surface area contributed by atoms with Crippen molar-refractivity contribution in [3.63, 3.8) is 0 Å². The van der Waals surface area contributed by atoms with Gasteiger partial charge in [-0.2, -0.15) is 0 Å². The molecule has 0 fully saturated rings. The molecule has 1 aliphatic rings. The van der Waals surface area contributed by atoms with Gasteiger partial charge in [-0.25, -0.2) is 0 Å².